The summed E-state index contributed by atoms with van der Waals surface area (Å²) in [6.45, 7) is 1.71. The molecule has 1 aromatic rings. The van der Waals surface area contributed by atoms with Gasteiger partial charge in [0.05, 0.1) is 13.2 Å². The van der Waals surface area contributed by atoms with E-state index < -0.39 is 28.4 Å². The van der Waals surface area contributed by atoms with E-state index in [0.29, 0.717) is 12.8 Å². The Kier molecular flexibility index (Phi) is 3.82. The molecule has 1 fully saturated rings. The maximum absolute atomic E-state index is 13.7. The fourth-order valence-electron chi connectivity index (χ4n) is 2.49. The van der Waals surface area contributed by atoms with Crippen LogP contribution in [0.4, 0.5) is 13.6 Å². The molecule has 1 amide bonds. The first-order valence-electron chi connectivity index (χ1n) is 6.20. The van der Waals surface area contributed by atoms with Crippen molar-refractivity contribution in [1.29, 1.82) is 0 Å². The lowest BCUT2D eigenvalue weighted by Crippen LogP contribution is -2.47. The summed E-state index contributed by atoms with van der Waals surface area (Å²) in [6.07, 6.45) is -0.125. The summed E-state index contributed by atoms with van der Waals surface area (Å²) in [5, 5.41) is 12.6. The van der Waals surface area contributed by atoms with Crippen molar-refractivity contribution in [3.05, 3.63) is 40.6 Å². The van der Waals surface area contributed by atoms with Crippen LogP contribution in [0.3, 0.4) is 0 Å². The van der Waals surface area contributed by atoms with Gasteiger partial charge in [-0.25, -0.2) is 8.78 Å². The monoisotopic (exact) mass is 271 g/mol. The molecule has 2 atom stereocenters. The van der Waals surface area contributed by atoms with E-state index in [9.17, 15) is 18.8 Å². The van der Waals surface area contributed by atoms with E-state index in [2.05, 4.69) is 0 Å². The number of quaternary nitrogens is 1. The summed E-state index contributed by atoms with van der Waals surface area (Å²) in [5.74, 6) is -1.30. The molecule has 4 nitrogen and oxygen atoms in total. The van der Waals surface area contributed by atoms with E-state index in [1.165, 1.54) is 0 Å². The zero-order chi connectivity index (χ0) is 14.0. The van der Waals surface area contributed by atoms with Crippen LogP contribution in [0.5, 0.6) is 0 Å². The number of hydroxylamine groups is 3. The first-order chi connectivity index (χ1) is 8.99. The minimum absolute atomic E-state index is 0.0272. The number of rotatable bonds is 2. The van der Waals surface area contributed by atoms with E-state index in [-0.39, 0.29) is 18.7 Å². The summed E-state index contributed by atoms with van der Waals surface area (Å²) in [7, 11) is 0. The predicted octanol–water partition coefficient (Wildman–Crippen LogP) is 3.27. The summed E-state index contributed by atoms with van der Waals surface area (Å²) in [5.41, 5.74) is -0.0550. The van der Waals surface area contributed by atoms with Crippen molar-refractivity contribution in [2.24, 2.45) is 0 Å². The number of halogens is 2. The van der Waals surface area contributed by atoms with Gasteiger partial charge < -0.3 is 9.94 Å². The van der Waals surface area contributed by atoms with Gasteiger partial charge in [-0.05, 0) is 25.1 Å². The topological polar surface area (TPSA) is 49.4 Å². The number of nitrogens with zero attached hydrogens (tertiary/aromatic N) is 1. The number of ether oxygens (including phenoxy) is 1. The molecule has 1 aliphatic heterocycles. The largest absolute Gasteiger partial charge is 0.622 e. The third kappa shape index (κ3) is 2.46. The van der Waals surface area contributed by atoms with Crippen LogP contribution in [0.1, 0.15) is 31.4 Å². The van der Waals surface area contributed by atoms with E-state index in [1.807, 2.05) is 0 Å². The highest BCUT2D eigenvalue weighted by Gasteiger charge is 2.44. The Morgan fingerprint density at radius 3 is 2.95 bits per heavy atom. The molecule has 2 rings (SSSR count). The highest BCUT2D eigenvalue weighted by molar-refractivity contribution is 5.60. The van der Waals surface area contributed by atoms with Gasteiger partial charge in [0, 0.05) is 18.4 Å². The van der Waals surface area contributed by atoms with Gasteiger partial charge in [-0.2, -0.15) is 4.79 Å². The molecule has 0 aliphatic carbocycles. The van der Waals surface area contributed by atoms with Crippen LogP contribution in [0.15, 0.2) is 18.2 Å². The molecular weight excluding hydrogens is 256 g/mol. The number of benzene rings is 1. The fraction of sp³-hybridized carbons (Fsp3) is 0.462. The lowest BCUT2D eigenvalue weighted by molar-refractivity contribution is -0.826. The van der Waals surface area contributed by atoms with Crippen molar-refractivity contribution in [3.63, 3.8) is 0 Å². The van der Waals surface area contributed by atoms with E-state index >= 15 is 0 Å². The van der Waals surface area contributed by atoms with Gasteiger partial charge in [0.1, 0.15) is 17.7 Å². The minimum Gasteiger partial charge on any atom is -0.622 e. The van der Waals surface area contributed by atoms with E-state index in [1.54, 1.807) is 6.92 Å². The van der Waals surface area contributed by atoms with Crippen molar-refractivity contribution >= 4 is 6.09 Å². The number of hydrogen-bond acceptors (Lipinski definition) is 3. The second-order valence-corrected chi connectivity index (χ2v) is 4.54. The van der Waals surface area contributed by atoms with Crippen LogP contribution in [0.2, 0.25) is 0 Å². The molecule has 19 heavy (non-hydrogen) atoms. The van der Waals surface area contributed by atoms with Crippen LogP contribution in [0, 0.1) is 16.8 Å². The molecule has 6 heteroatoms. The van der Waals surface area contributed by atoms with Gasteiger partial charge in [-0.15, -0.1) is 0 Å². The molecular formula is C13H15F2NO3. The Hall–Kier alpha value is -1.53. The van der Waals surface area contributed by atoms with Crippen molar-refractivity contribution in [2.45, 2.75) is 25.8 Å². The Labute approximate surface area is 109 Å². The number of likely N-dealkylation sites (tertiary alicyclic amines) is 1. The average molecular weight is 271 g/mol. The lowest BCUT2D eigenvalue weighted by Gasteiger charge is -2.39. The maximum atomic E-state index is 13.7. The quantitative estimate of drug-likeness (QED) is 0.612. The number of carbonyl (C=O) groups is 1. The molecule has 1 saturated heterocycles. The summed E-state index contributed by atoms with van der Waals surface area (Å²) < 4.78 is 30.4. The number of carbonyl (C=O) groups excluding carboxylic acids is 1. The Bertz CT molecular complexity index is 495. The Morgan fingerprint density at radius 1 is 1.53 bits per heavy atom. The molecule has 0 spiro atoms. The van der Waals surface area contributed by atoms with Crippen molar-refractivity contribution in [1.82, 2.24) is 0 Å². The Balaban J connectivity index is 2.37. The van der Waals surface area contributed by atoms with Gasteiger partial charge in [0.15, 0.2) is 0 Å². The molecule has 1 heterocycles. The van der Waals surface area contributed by atoms with Crippen LogP contribution >= 0.6 is 0 Å². The molecule has 1 aliphatic rings. The molecule has 1 aromatic carbocycles. The van der Waals surface area contributed by atoms with Crippen LogP contribution in [-0.4, -0.2) is 23.9 Å². The smallest absolute Gasteiger partial charge is 0.516 e. The van der Waals surface area contributed by atoms with Gasteiger partial charge in [0.2, 0.25) is 0 Å². The zero-order valence-electron chi connectivity index (χ0n) is 10.6. The van der Waals surface area contributed by atoms with Crippen LogP contribution < -0.4 is 0 Å². The van der Waals surface area contributed by atoms with Crippen molar-refractivity contribution in [3.8, 4) is 0 Å². The fourth-order valence-corrected chi connectivity index (χ4v) is 2.49. The zero-order valence-corrected chi connectivity index (χ0v) is 10.6. The normalized spacial score (nSPS) is 26.4. The SMILES string of the molecule is CCOC(=O)[N+]1([O-])CCCC1c1cc(F)ccc1F. The summed E-state index contributed by atoms with van der Waals surface area (Å²) in [4.78, 5) is 11.8. The van der Waals surface area contributed by atoms with E-state index in [0.717, 1.165) is 18.2 Å². The molecule has 0 bridgehead atoms. The number of hydrogen-bond donors (Lipinski definition) is 0. The third-order valence-electron chi connectivity index (χ3n) is 3.37. The molecule has 0 N–H and O–H groups in total. The number of amides is 1. The van der Waals surface area contributed by atoms with Gasteiger partial charge in [0.25, 0.3) is 0 Å². The predicted molar refractivity (Wildman–Crippen MR) is 63.8 cm³/mol. The van der Waals surface area contributed by atoms with Crippen LogP contribution in [0.25, 0.3) is 0 Å². The van der Waals surface area contributed by atoms with Crippen molar-refractivity contribution < 1.29 is 23.0 Å². The Morgan fingerprint density at radius 2 is 2.26 bits per heavy atom. The highest BCUT2D eigenvalue weighted by Crippen LogP contribution is 2.40. The van der Waals surface area contributed by atoms with Crippen LogP contribution in [-0.2, 0) is 4.74 Å². The molecule has 0 saturated carbocycles. The van der Waals surface area contributed by atoms with Crippen molar-refractivity contribution in [2.75, 3.05) is 13.2 Å². The average Bonchev–Trinajstić information content (AvgIpc) is 2.76. The second-order valence-electron chi connectivity index (χ2n) is 4.54. The molecule has 104 valence electrons. The second kappa shape index (κ2) is 5.22. The highest BCUT2D eigenvalue weighted by atomic mass is 19.1. The summed E-state index contributed by atoms with van der Waals surface area (Å²) >= 11 is 0. The molecule has 0 radical (unpaired) electrons. The summed E-state index contributed by atoms with van der Waals surface area (Å²) in [6, 6.07) is 2.00. The lowest BCUT2D eigenvalue weighted by atomic mass is 10.0. The standard InChI is InChI=1S/C13H15F2NO3/c1-2-19-13(17)16(18)7-3-4-12(16)10-8-9(14)5-6-11(10)15/h5-6,8,12H,2-4,7H2,1H3. The minimum atomic E-state index is -1.27. The van der Waals surface area contributed by atoms with Gasteiger partial charge in [-0.1, -0.05) is 0 Å². The van der Waals surface area contributed by atoms with Gasteiger partial charge in [-0.3, -0.25) is 4.65 Å². The van der Waals surface area contributed by atoms with Gasteiger partial charge >= 0.3 is 6.09 Å². The first-order valence-corrected chi connectivity index (χ1v) is 6.20. The van der Waals surface area contributed by atoms with E-state index in [4.69, 9.17) is 4.74 Å². The maximum Gasteiger partial charge on any atom is 0.516 e. The molecule has 2 unspecified atom stereocenters. The first kappa shape index (κ1) is 13.9. The molecule has 0 aromatic heterocycles. The third-order valence-corrected chi connectivity index (χ3v) is 3.37.